The van der Waals surface area contributed by atoms with Crippen LogP contribution >= 0.6 is 12.4 Å². The Bertz CT molecular complexity index is 141. The lowest BCUT2D eigenvalue weighted by Gasteiger charge is -2.18. The van der Waals surface area contributed by atoms with Crippen LogP contribution in [0, 0.1) is 0 Å². The first-order valence-corrected chi connectivity index (χ1v) is 4.33. The molecular formula is C8H17ClN2O. The predicted octanol–water partition coefficient (Wildman–Crippen LogP) is 0.640. The van der Waals surface area contributed by atoms with Crippen molar-refractivity contribution in [2.24, 2.45) is 0 Å². The predicted molar refractivity (Wildman–Crippen MR) is 51.6 cm³/mol. The van der Waals surface area contributed by atoms with Crippen LogP contribution in [-0.4, -0.2) is 37.0 Å². The highest BCUT2D eigenvalue weighted by Gasteiger charge is 2.14. The van der Waals surface area contributed by atoms with Crippen LogP contribution in [0.2, 0.25) is 0 Å². The summed E-state index contributed by atoms with van der Waals surface area (Å²) in [7, 11) is 0. The Morgan fingerprint density at radius 3 is 2.92 bits per heavy atom. The summed E-state index contributed by atoms with van der Waals surface area (Å²) in [4.78, 5) is 13.2. The van der Waals surface area contributed by atoms with Gasteiger partial charge in [-0.05, 0) is 6.42 Å². The van der Waals surface area contributed by atoms with Gasteiger partial charge in [-0.1, -0.05) is 6.92 Å². The van der Waals surface area contributed by atoms with Crippen molar-refractivity contribution in [3.8, 4) is 0 Å². The number of nitrogens with zero attached hydrogens (tertiary/aromatic N) is 1. The maximum absolute atomic E-state index is 11.3. The van der Waals surface area contributed by atoms with Gasteiger partial charge in [0.1, 0.15) is 0 Å². The molecule has 0 bridgehead atoms. The molecule has 0 atom stereocenters. The molecule has 12 heavy (non-hydrogen) atoms. The van der Waals surface area contributed by atoms with Gasteiger partial charge in [0, 0.05) is 32.6 Å². The van der Waals surface area contributed by atoms with Crippen molar-refractivity contribution >= 4 is 18.3 Å². The number of hydrogen-bond acceptors (Lipinski definition) is 2. The molecule has 1 amide bonds. The smallest absolute Gasteiger partial charge is 0.223 e. The van der Waals surface area contributed by atoms with Crippen molar-refractivity contribution < 1.29 is 4.79 Å². The molecule has 0 aromatic carbocycles. The first kappa shape index (κ1) is 11.7. The topological polar surface area (TPSA) is 32.3 Å². The average molecular weight is 193 g/mol. The van der Waals surface area contributed by atoms with Crippen LogP contribution < -0.4 is 5.32 Å². The number of carbonyl (C=O) groups excluding carboxylic acids is 1. The van der Waals surface area contributed by atoms with E-state index in [1.807, 2.05) is 4.90 Å². The lowest BCUT2D eigenvalue weighted by molar-refractivity contribution is -0.130. The zero-order chi connectivity index (χ0) is 8.10. The number of carbonyl (C=O) groups is 1. The van der Waals surface area contributed by atoms with E-state index in [0.717, 1.165) is 32.6 Å². The summed E-state index contributed by atoms with van der Waals surface area (Å²) in [5.41, 5.74) is 0. The highest BCUT2D eigenvalue weighted by atomic mass is 35.5. The molecule has 1 aliphatic rings. The van der Waals surface area contributed by atoms with Gasteiger partial charge in [-0.3, -0.25) is 4.79 Å². The molecule has 72 valence electrons. The molecule has 1 N–H and O–H groups in total. The molecule has 0 unspecified atom stereocenters. The first-order valence-electron chi connectivity index (χ1n) is 4.33. The molecule has 0 aliphatic carbocycles. The fourth-order valence-electron chi connectivity index (χ4n) is 1.32. The van der Waals surface area contributed by atoms with E-state index in [0.29, 0.717) is 12.3 Å². The van der Waals surface area contributed by atoms with Crippen LogP contribution in [0.3, 0.4) is 0 Å². The van der Waals surface area contributed by atoms with Gasteiger partial charge >= 0.3 is 0 Å². The van der Waals surface area contributed by atoms with E-state index in [9.17, 15) is 4.79 Å². The van der Waals surface area contributed by atoms with Crippen molar-refractivity contribution in [3.05, 3.63) is 0 Å². The maximum atomic E-state index is 11.3. The van der Waals surface area contributed by atoms with E-state index in [-0.39, 0.29) is 12.4 Å². The second kappa shape index (κ2) is 6.26. The van der Waals surface area contributed by atoms with Crippen LogP contribution in [0.4, 0.5) is 0 Å². The summed E-state index contributed by atoms with van der Waals surface area (Å²) in [5, 5.41) is 3.20. The normalized spacial score (nSPS) is 18.4. The van der Waals surface area contributed by atoms with Gasteiger partial charge in [-0.15, -0.1) is 12.4 Å². The van der Waals surface area contributed by atoms with E-state index >= 15 is 0 Å². The lowest BCUT2D eigenvalue weighted by atomic mass is 10.3. The number of nitrogens with one attached hydrogen (secondary N) is 1. The van der Waals surface area contributed by atoms with Crippen LogP contribution in [0.5, 0.6) is 0 Å². The Morgan fingerprint density at radius 2 is 2.25 bits per heavy atom. The standard InChI is InChI=1S/C8H16N2O.ClH/c1-2-6-10-7-5-9-4-3-8(10)11;/h9H,2-7H2,1H3;1H. The third-order valence-electron chi connectivity index (χ3n) is 1.92. The van der Waals surface area contributed by atoms with Crippen molar-refractivity contribution in [1.29, 1.82) is 0 Å². The second-order valence-electron chi connectivity index (χ2n) is 2.88. The van der Waals surface area contributed by atoms with Crippen molar-refractivity contribution in [2.45, 2.75) is 19.8 Å². The Kier molecular flexibility index (Phi) is 6.11. The molecule has 1 aliphatic heterocycles. The van der Waals surface area contributed by atoms with E-state index in [4.69, 9.17) is 0 Å². The van der Waals surface area contributed by atoms with E-state index < -0.39 is 0 Å². The molecule has 1 rings (SSSR count). The third-order valence-corrected chi connectivity index (χ3v) is 1.92. The van der Waals surface area contributed by atoms with Gasteiger partial charge in [0.2, 0.25) is 5.91 Å². The summed E-state index contributed by atoms with van der Waals surface area (Å²) in [6.07, 6.45) is 1.73. The molecule has 4 heteroatoms. The minimum atomic E-state index is 0. The molecule has 3 nitrogen and oxygen atoms in total. The average Bonchev–Trinajstić information content (AvgIpc) is 2.18. The third kappa shape index (κ3) is 3.41. The lowest BCUT2D eigenvalue weighted by Crippen LogP contribution is -2.32. The Morgan fingerprint density at radius 1 is 1.50 bits per heavy atom. The van der Waals surface area contributed by atoms with E-state index in [2.05, 4.69) is 12.2 Å². The number of amides is 1. The monoisotopic (exact) mass is 192 g/mol. The Hall–Kier alpha value is -0.280. The van der Waals surface area contributed by atoms with Crippen molar-refractivity contribution in [3.63, 3.8) is 0 Å². The Labute approximate surface area is 79.9 Å². The van der Waals surface area contributed by atoms with Gasteiger partial charge in [0.05, 0.1) is 0 Å². The molecule has 0 spiro atoms. The molecule has 1 saturated heterocycles. The maximum Gasteiger partial charge on any atom is 0.223 e. The van der Waals surface area contributed by atoms with Gasteiger partial charge in [0.25, 0.3) is 0 Å². The molecular weight excluding hydrogens is 176 g/mol. The van der Waals surface area contributed by atoms with Crippen LogP contribution in [0.25, 0.3) is 0 Å². The van der Waals surface area contributed by atoms with Crippen LogP contribution in [0.15, 0.2) is 0 Å². The molecule has 0 aromatic heterocycles. The number of halogens is 1. The second-order valence-corrected chi connectivity index (χ2v) is 2.88. The summed E-state index contributed by atoms with van der Waals surface area (Å²) in [6, 6.07) is 0. The molecule has 0 aromatic rings. The molecule has 1 fully saturated rings. The minimum absolute atomic E-state index is 0. The van der Waals surface area contributed by atoms with Crippen LogP contribution in [0.1, 0.15) is 19.8 Å². The fraction of sp³-hybridized carbons (Fsp3) is 0.875. The van der Waals surface area contributed by atoms with E-state index in [1.54, 1.807) is 0 Å². The van der Waals surface area contributed by atoms with E-state index in [1.165, 1.54) is 0 Å². The highest BCUT2D eigenvalue weighted by Crippen LogP contribution is 1.98. The van der Waals surface area contributed by atoms with Crippen molar-refractivity contribution in [1.82, 2.24) is 10.2 Å². The zero-order valence-electron chi connectivity index (χ0n) is 7.51. The fourth-order valence-corrected chi connectivity index (χ4v) is 1.32. The Balaban J connectivity index is 0.00000121. The first-order chi connectivity index (χ1) is 5.34. The quantitative estimate of drug-likeness (QED) is 0.697. The summed E-state index contributed by atoms with van der Waals surface area (Å²) >= 11 is 0. The number of rotatable bonds is 2. The van der Waals surface area contributed by atoms with Gasteiger partial charge < -0.3 is 10.2 Å². The largest absolute Gasteiger partial charge is 0.341 e. The van der Waals surface area contributed by atoms with Crippen LogP contribution in [-0.2, 0) is 4.79 Å². The van der Waals surface area contributed by atoms with Gasteiger partial charge in [-0.2, -0.15) is 0 Å². The number of hydrogen-bond donors (Lipinski definition) is 1. The minimum Gasteiger partial charge on any atom is -0.341 e. The highest BCUT2D eigenvalue weighted by molar-refractivity contribution is 5.85. The van der Waals surface area contributed by atoms with Crippen molar-refractivity contribution in [2.75, 3.05) is 26.2 Å². The molecule has 1 heterocycles. The summed E-state index contributed by atoms with van der Waals surface area (Å²) < 4.78 is 0. The molecule has 0 radical (unpaired) electrons. The zero-order valence-corrected chi connectivity index (χ0v) is 8.32. The molecule has 0 saturated carbocycles. The SMILES string of the molecule is CCCN1CCNCCC1=O.Cl. The summed E-state index contributed by atoms with van der Waals surface area (Å²) in [6.45, 7) is 5.70. The van der Waals surface area contributed by atoms with Gasteiger partial charge in [-0.25, -0.2) is 0 Å². The summed E-state index contributed by atoms with van der Waals surface area (Å²) in [5.74, 6) is 0.303. The van der Waals surface area contributed by atoms with Gasteiger partial charge in [0.15, 0.2) is 0 Å².